The average molecular weight is 423 g/mol. The molecule has 2 fully saturated rings. The lowest BCUT2D eigenvalue weighted by atomic mass is 10.2. The Kier molecular flexibility index (Phi) is 5.45. The van der Waals surface area contributed by atoms with Crippen LogP contribution in [0, 0.1) is 6.92 Å². The predicted molar refractivity (Wildman–Crippen MR) is 120 cm³/mol. The van der Waals surface area contributed by atoms with E-state index in [9.17, 15) is 0 Å². The van der Waals surface area contributed by atoms with Crippen molar-refractivity contribution < 1.29 is 4.74 Å². The van der Waals surface area contributed by atoms with E-state index in [1.54, 1.807) is 0 Å². The fourth-order valence-corrected chi connectivity index (χ4v) is 4.53. The van der Waals surface area contributed by atoms with Crippen molar-refractivity contribution in [1.82, 2.24) is 30.0 Å². The van der Waals surface area contributed by atoms with Crippen LogP contribution < -0.4 is 9.80 Å². The molecule has 164 valence electrons. The van der Waals surface area contributed by atoms with Crippen LogP contribution in [0.1, 0.15) is 25.5 Å². The maximum absolute atomic E-state index is 5.96. The number of aromatic amines is 1. The van der Waals surface area contributed by atoms with Gasteiger partial charge in [0.2, 0.25) is 0 Å². The number of aromatic nitrogens is 5. The number of hydrogen-bond donors (Lipinski definition) is 1. The summed E-state index contributed by atoms with van der Waals surface area (Å²) in [4.78, 5) is 21.7. The van der Waals surface area contributed by atoms with Crippen molar-refractivity contribution in [3.63, 3.8) is 0 Å². The molecule has 3 aromatic rings. The van der Waals surface area contributed by atoms with Gasteiger partial charge in [0.1, 0.15) is 5.82 Å². The Hall–Kier alpha value is -2.78. The van der Waals surface area contributed by atoms with E-state index in [2.05, 4.69) is 43.7 Å². The van der Waals surface area contributed by atoms with Gasteiger partial charge in [0.15, 0.2) is 17.5 Å². The number of benzene rings is 1. The Labute approximate surface area is 182 Å². The number of hydrogen-bond acceptors (Lipinski definition) is 8. The third-order valence-corrected chi connectivity index (χ3v) is 5.93. The zero-order valence-electron chi connectivity index (χ0n) is 18.5. The van der Waals surface area contributed by atoms with Gasteiger partial charge in [-0.05, 0) is 32.9 Å². The standard InChI is InChI=1S/C22H30N8O/c1-15-12-30(13-16(2)31-15)22-21(24-18-6-4-5-7-19(18)25-22)29-10-8-28(9-11-29)14-20-23-17(3)26-27-20/h4-7,15-16H,8-14H2,1-3H3,(H,23,26,27). The van der Waals surface area contributed by atoms with E-state index in [4.69, 9.17) is 14.7 Å². The van der Waals surface area contributed by atoms with Gasteiger partial charge in [-0.15, -0.1) is 0 Å². The number of anilines is 2. The molecule has 0 radical (unpaired) electrons. The summed E-state index contributed by atoms with van der Waals surface area (Å²) in [5.41, 5.74) is 1.88. The van der Waals surface area contributed by atoms with Crippen molar-refractivity contribution in [2.24, 2.45) is 0 Å². The summed E-state index contributed by atoms with van der Waals surface area (Å²) in [6.07, 6.45) is 0.345. The fourth-order valence-electron chi connectivity index (χ4n) is 4.53. The summed E-state index contributed by atoms with van der Waals surface area (Å²) in [6.45, 7) is 12.3. The molecular weight excluding hydrogens is 392 g/mol. The Morgan fingerprint density at radius 2 is 1.52 bits per heavy atom. The lowest BCUT2D eigenvalue weighted by Crippen LogP contribution is -2.49. The number of rotatable bonds is 4. The molecule has 2 aliphatic heterocycles. The highest BCUT2D eigenvalue weighted by atomic mass is 16.5. The highest BCUT2D eigenvalue weighted by Crippen LogP contribution is 2.31. The summed E-state index contributed by atoms with van der Waals surface area (Å²) in [5.74, 6) is 3.67. The maximum atomic E-state index is 5.96. The average Bonchev–Trinajstić information content (AvgIpc) is 3.17. The van der Waals surface area contributed by atoms with Gasteiger partial charge >= 0.3 is 0 Å². The number of nitrogens with zero attached hydrogens (tertiary/aromatic N) is 7. The normalized spacial score (nSPS) is 22.9. The lowest BCUT2D eigenvalue weighted by molar-refractivity contribution is -0.00543. The topological polar surface area (TPSA) is 86.3 Å². The van der Waals surface area contributed by atoms with Gasteiger partial charge in [-0.3, -0.25) is 10.00 Å². The number of morpholine rings is 1. The monoisotopic (exact) mass is 422 g/mol. The number of fused-ring (bicyclic) bond motifs is 1. The highest BCUT2D eigenvalue weighted by molar-refractivity contribution is 5.81. The summed E-state index contributed by atoms with van der Waals surface area (Å²) in [7, 11) is 0. The Bertz CT molecular complexity index is 1030. The molecule has 2 aromatic heterocycles. The van der Waals surface area contributed by atoms with E-state index in [1.807, 2.05) is 31.2 Å². The molecule has 1 N–H and O–H groups in total. The van der Waals surface area contributed by atoms with Gasteiger partial charge in [-0.2, -0.15) is 5.10 Å². The molecule has 31 heavy (non-hydrogen) atoms. The summed E-state index contributed by atoms with van der Waals surface area (Å²) in [6, 6.07) is 8.13. The Morgan fingerprint density at radius 1 is 0.903 bits per heavy atom. The molecule has 9 heteroatoms. The zero-order chi connectivity index (χ0) is 21.4. The molecule has 0 aliphatic carbocycles. The number of ether oxygens (including phenoxy) is 1. The van der Waals surface area contributed by atoms with E-state index in [1.165, 1.54) is 0 Å². The molecule has 4 heterocycles. The van der Waals surface area contributed by atoms with E-state index >= 15 is 0 Å². The summed E-state index contributed by atoms with van der Waals surface area (Å²) in [5, 5.41) is 7.21. The first kappa shape index (κ1) is 20.1. The molecular formula is C22H30N8O. The second-order valence-corrected chi connectivity index (χ2v) is 8.62. The number of nitrogens with one attached hydrogen (secondary N) is 1. The number of piperazine rings is 1. The summed E-state index contributed by atoms with van der Waals surface area (Å²) < 4.78 is 5.96. The minimum atomic E-state index is 0.173. The number of aryl methyl sites for hydroxylation is 1. The second kappa shape index (κ2) is 8.39. The van der Waals surface area contributed by atoms with Crippen LogP contribution >= 0.6 is 0 Å². The summed E-state index contributed by atoms with van der Waals surface area (Å²) >= 11 is 0. The third-order valence-electron chi connectivity index (χ3n) is 5.93. The quantitative estimate of drug-likeness (QED) is 0.683. The second-order valence-electron chi connectivity index (χ2n) is 8.62. The van der Waals surface area contributed by atoms with Crippen LogP contribution in [0.25, 0.3) is 11.0 Å². The number of H-pyrrole nitrogens is 1. The van der Waals surface area contributed by atoms with E-state index < -0.39 is 0 Å². The fraction of sp³-hybridized carbons (Fsp3) is 0.545. The molecule has 2 atom stereocenters. The smallest absolute Gasteiger partial charge is 0.172 e. The zero-order valence-corrected chi connectivity index (χ0v) is 18.5. The van der Waals surface area contributed by atoms with Gasteiger partial charge < -0.3 is 14.5 Å². The Morgan fingerprint density at radius 3 is 2.10 bits per heavy atom. The Balaban J connectivity index is 1.39. The third kappa shape index (κ3) is 4.33. The highest BCUT2D eigenvalue weighted by Gasteiger charge is 2.29. The predicted octanol–water partition coefficient (Wildman–Crippen LogP) is 1.99. The molecule has 0 saturated carbocycles. The first-order valence-electron chi connectivity index (χ1n) is 11.1. The SMILES string of the molecule is Cc1nc(CN2CCN(c3nc4ccccc4nc3N3CC(C)OC(C)C3)CC2)n[nH]1. The van der Waals surface area contributed by atoms with Gasteiger partial charge in [-0.25, -0.2) is 15.0 Å². The number of para-hydroxylation sites is 2. The van der Waals surface area contributed by atoms with Crippen molar-refractivity contribution in [2.45, 2.75) is 39.5 Å². The van der Waals surface area contributed by atoms with Crippen LogP contribution in [0.2, 0.25) is 0 Å². The van der Waals surface area contributed by atoms with Gasteiger partial charge in [-0.1, -0.05) is 12.1 Å². The lowest BCUT2D eigenvalue weighted by Gasteiger charge is -2.40. The molecule has 1 aromatic carbocycles. The van der Waals surface area contributed by atoms with Gasteiger partial charge in [0.05, 0.1) is 29.8 Å². The van der Waals surface area contributed by atoms with Crippen molar-refractivity contribution in [2.75, 3.05) is 49.1 Å². The van der Waals surface area contributed by atoms with Gasteiger partial charge in [0.25, 0.3) is 0 Å². The van der Waals surface area contributed by atoms with Crippen LogP contribution in [0.5, 0.6) is 0 Å². The van der Waals surface area contributed by atoms with E-state index in [0.29, 0.717) is 0 Å². The largest absolute Gasteiger partial charge is 0.372 e. The van der Waals surface area contributed by atoms with Crippen LogP contribution in [0.3, 0.4) is 0 Å². The van der Waals surface area contributed by atoms with Crippen molar-refractivity contribution in [3.05, 3.63) is 35.9 Å². The first-order valence-corrected chi connectivity index (χ1v) is 11.1. The molecule has 5 rings (SSSR count). The molecule has 2 aliphatic rings. The molecule has 2 saturated heterocycles. The van der Waals surface area contributed by atoms with Crippen molar-refractivity contribution >= 4 is 22.7 Å². The molecule has 9 nitrogen and oxygen atoms in total. The first-order chi connectivity index (χ1) is 15.0. The van der Waals surface area contributed by atoms with Crippen LogP contribution in [0.15, 0.2) is 24.3 Å². The maximum Gasteiger partial charge on any atom is 0.172 e. The van der Waals surface area contributed by atoms with E-state index in [-0.39, 0.29) is 12.2 Å². The molecule has 0 spiro atoms. The van der Waals surface area contributed by atoms with Crippen molar-refractivity contribution in [1.29, 1.82) is 0 Å². The van der Waals surface area contributed by atoms with Crippen LogP contribution in [-0.4, -0.2) is 81.5 Å². The minimum Gasteiger partial charge on any atom is -0.372 e. The van der Waals surface area contributed by atoms with Crippen LogP contribution in [-0.2, 0) is 11.3 Å². The van der Waals surface area contributed by atoms with E-state index in [0.717, 1.165) is 80.1 Å². The van der Waals surface area contributed by atoms with Gasteiger partial charge in [0, 0.05) is 39.3 Å². The van der Waals surface area contributed by atoms with Crippen LogP contribution in [0.4, 0.5) is 11.6 Å². The van der Waals surface area contributed by atoms with Crippen molar-refractivity contribution in [3.8, 4) is 0 Å². The molecule has 2 unspecified atom stereocenters. The minimum absolute atomic E-state index is 0.173. The molecule has 0 bridgehead atoms. The molecule has 0 amide bonds.